The summed E-state index contributed by atoms with van der Waals surface area (Å²) >= 11 is 5.49. The van der Waals surface area contributed by atoms with Crippen molar-refractivity contribution >= 4 is 11.6 Å². The third-order valence-corrected chi connectivity index (χ3v) is 1.22. The van der Waals surface area contributed by atoms with Crippen LogP contribution < -0.4 is 10.3 Å². The van der Waals surface area contributed by atoms with E-state index < -0.39 is 0 Å². The number of methoxy groups -OCH3 is 1. The first-order chi connectivity index (χ1) is 4.74. The molecule has 0 unspecified atom stereocenters. The Bertz CT molecular complexity index is 283. The van der Waals surface area contributed by atoms with Crippen molar-refractivity contribution in [2.45, 2.75) is 0 Å². The highest BCUT2D eigenvalue weighted by atomic mass is 35.5. The van der Waals surface area contributed by atoms with E-state index in [0.717, 1.165) is 0 Å². The number of aromatic amines is 1. The fourth-order valence-electron chi connectivity index (χ4n) is 0.513. The van der Waals surface area contributed by atoms with Gasteiger partial charge in [0.1, 0.15) is 0 Å². The summed E-state index contributed by atoms with van der Waals surface area (Å²) in [5, 5.41) is 5.76. The van der Waals surface area contributed by atoms with Crippen LogP contribution in [0.15, 0.2) is 10.9 Å². The zero-order chi connectivity index (χ0) is 7.56. The van der Waals surface area contributed by atoms with Crippen LogP contribution in [0.25, 0.3) is 0 Å². The van der Waals surface area contributed by atoms with E-state index in [4.69, 9.17) is 16.3 Å². The molecule has 0 aromatic carbocycles. The number of H-pyrrole nitrogens is 1. The maximum atomic E-state index is 10.5. The summed E-state index contributed by atoms with van der Waals surface area (Å²) < 4.78 is 4.71. The Kier molecular flexibility index (Phi) is 1.91. The number of hydrogen-bond donors (Lipinski definition) is 1. The van der Waals surface area contributed by atoms with Crippen LogP contribution in [0.1, 0.15) is 0 Å². The molecule has 10 heavy (non-hydrogen) atoms. The molecule has 1 heterocycles. The standard InChI is InChI=1S/C5H5ClN2O2/c1-10-3-2-4(9)7-8-5(3)6/h2H,1H3,(H,7,9). The molecule has 0 radical (unpaired) electrons. The van der Waals surface area contributed by atoms with Gasteiger partial charge in [0.05, 0.1) is 13.2 Å². The Balaban J connectivity index is 3.22. The Morgan fingerprint density at radius 1 is 1.80 bits per heavy atom. The van der Waals surface area contributed by atoms with E-state index in [0.29, 0.717) is 0 Å². The Morgan fingerprint density at radius 2 is 2.50 bits per heavy atom. The number of hydrogen-bond acceptors (Lipinski definition) is 3. The van der Waals surface area contributed by atoms with Crippen LogP contribution in [0, 0.1) is 0 Å². The van der Waals surface area contributed by atoms with Crippen molar-refractivity contribution in [1.29, 1.82) is 0 Å². The number of ether oxygens (including phenoxy) is 1. The summed E-state index contributed by atoms with van der Waals surface area (Å²) in [5.74, 6) is 0.283. The van der Waals surface area contributed by atoms with Gasteiger partial charge in [-0.3, -0.25) is 4.79 Å². The summed E-state index contributed by atoms with van der Waals surface area (Å²) in [5.41, 5.74) is -0.332. The molecule has 1 aromatic heterocycles. The second-order valence-electron chi connectivity index (χ2n) is 1.59. The van der Waals surface area contributed by atoms with Crippen LogP contribution in [0.4, 0.5) is 0 Å². The minimum Gasteiger partial charge on any atom is -0.493 e. The first-order valence-corrected chi connectivity index (χ1v) is 2.91. The van der Waals surface area contributed by atoms with Gasteiger partial charge in [-0.05, 0) is 0 Å². The van der Waals surface area contributed by atoms with Crippen LogP contribution >= 0.6 is 11.6 Å². The maximum absolute atomic E-state index is 10.5. The molecule has 0 amide bonds. The Morgan fingerprint density at radius 3 is 3.00 bits per heavy atom. The summed E-state index contributed by atoms with van der Waals surface area (Å²) in [6, 6.07) is 1.23. The van der Waals surface area contributed by atoms with Gasteiger partial charge in [0.15, 0.2) is 10.9 Å². The van der Waals surface area contributed by atoms with Crippen molar-refractivity contribution in [3.8, 4) is 5.75 Å². The minimum absolute atomic E-state index is 0.155. The number of halogens is 1. The zero-order valence-electron chi connectivity index (χ0n) is 5.22. The van der Waals surface area contributed by atoms with Crippen LogP contribution in [-0.4, -0.2) is 17.3 Å². The second kappa shape index (κ2) is 2.70. The smallest absolute Gasteiger partial charge is 0.267 e. The van der Waals surface area contributed by atoms with Gasteiger partial charge in [0.2, 0.25) is 0 Å². The molecule has 0 aliphatic rings. The molecule has 54 valence electrons. The van der Waals surface area contributed by atoms with Crippen molar-refractivity contribution in [2.24, 2.45) is 0 Å². The van der Waals surface area contributed by atoms with Gasteiger partial charge in [-0.15, -0.1) is 0 Å². The van der Waals surface area contributed by atoms with E-state index in [9.17, 15) is 4.79 Å². The van der Waals surface area contributed by atoms with Gasteiger partial charge < -0.3 is 4.74 Å². The summed E-state index contributed by atoms with van der Waals surface area (Å²) in [4.78, 5) is 10.5. The van der Waals surface area contributed by atoms with Gasteiger partial charge >= 0.3 is 0 Å². The molecular formula is C5H5ClN2O2. The van der Waals surface area contributed by atoms with Gasteiger partial charge in [0, 0.05) is 0 Å². The van der Waals surface area contributed by atoms with Crippen LogP contribution in [0.2, 0.25) is 5.15 Å². The predicted molar refractivity (Wildman–Crippen MR) is 36.4 cm³/mol. The molecular weight excluding hydrogens is 156 g/mol. The van der Waals surface area contributed by atoms with Gasteiger partial charge in [-0.2, -0.15) is 5.10 Å². The molecule has 0 aliphatic carbocycles. The molecule has 0 fully saturated rings. The van der Waals surface area contributed by atoms with E-state index in [1.807, 2.05) is 0 Å². The molecule has 0 saturated carbocycles. The third kappa shape index (κ3) is 1.27. The summed E-state index contributed by atoms with van der Waals surface area (Å²) in [6.45, 7) is 0. The lowest BCUT2D eigenvalue weighted by Gasteiger charge is -1.97. The highest BCUT2D eigenvalue weighted by Gasteiger charge is 1.99. The quantitative estimate of drug-likeness (QED) is 0.648. The van der Waals surface area contributed by atoms with E-state index in [1.165, 1.54) is 13.2 Å². The summed E-state index contributed by atoms with van der Waals surface area (Å²) in [6.07, 6.45) is 0. The van der Waals surface area contributed by atoms with Crippen molar-refractivity contribution in [2.75, 3.05) is 7.11 Å². The van der Waals surface area contributed by atoms with Crippen molar-refractivity contribution in [1.82, 2.24) is 10.2 Å². The number of aromatic nitrogens is 2. The molecule has 5 heteroatoms. The van der Waals surface area contributed by atoms with Crippen LogP contribution in [-0.2, 0) is 0 Å². The minimum atomic E-state index is -0.332. The molecule has 1 N–H and O–H groups in total. The molecule has 4 nitrogen and oxygen atoms in total. The van der Waals surface area contributed by atoms with Crippen LogP contribution in [0.3, 0.4) is 0 Å². The van der Waals surface area contributed by atoms with E-state index in [1.54, 1.807) is 0 Å². The first-order valence-electron chi connectivity index (χ1n) is 2.53. The van der Waals surface area contributed by atoms with Crippen molar-refractivity contribution < 1.29 is 4.74 Å². The largest absolute Gasteiger partial charge is 0.493 e. The molecule has 1 rings (SSSR count). The van der Waals surface area contributed by atoms with E-state index in [-0.39, 0.29) is 16.5 Å². The van der Waals surface area contributed by atoms with E-state index in [2.05, 4.69) is 10.2 Å². The maximum Gasteiger partial charge on any atom is 0.267 e. The van der Waals surface area contributed by atoms with Crippen LogP contribution in [0.5, 0.6) is 5.75 Å². The van der Waals surface area contributed by atoms with Crippen molar-refractivity contribution in [3.05, 3.63) is 21.6 Å². The second-order valence-corrected chi connectivity index (χ2v) is 1.95. The topological polar surface area (TPSA) is 55.0 Å². The molecule has 0 saturated heterocycles. The third-order valence-electron chi connectivity index (χ3n) is 0.950. The lowest BCUT2D eigenvalue weighted by molar-refractivity contribution is 0.411. The molecule has 0 bridgehead atoms. The molecule has 1 aromatic rings. The fourth-order valence-corrected chi connectivity index (χ4v) is 0.687. The van der Waals surface area contributed by atoms with Crippen molar-refractivity contribution in [3.63, 3.8) is 0 Å². The van der Waals surface area contributed by atoms with E-state index >= 15 is 0 Å². The Labute approximate surface area is 61.8 Å². The average Bonchev–Trinajstić information content (AvgIpc) is 1.94. The SMILES string of the molecule is COc1cc(=O)[nH]nc1Cl. The summed E-state index contributed by atoms with van der Waals surface area (Å²) in [7, 11) is 1.42. The zero-order valence-corrected chi connectivity index (χ0v) is 5.97. The molecule has 0 aliphatic heterocycles. The predicted octanol–water partition coefficient (Wildman–Crippen LogP) is 0.432. The highest BCUT2D eigenvalue weighted by Crippen LogP contribution is 2.16. The first kappa shape index (κ1) is 7.08. The number of nitrogens with zero attached hydrogens (tertiary/aromatic N) is 1. The average molecular weight is 161 g/mol. The normalized spacial score (nSPS) is 9.40. The molecule has 0 atom stereocenters. The lowest BCUT2D eigenvalue weighted by Crippen LogP contribution is -2.06. The Hall–Kier alpha value is -1.03. The van der Waals surface area contributed by atoms with Gasteiger partial charge in [-0.1, -0.05) is 11.6 Å². The van der Waals surface area contributed by atoms with Gasteiger partial charge in [0.25, 0.3) is 5.56 Å². The fraction of sp³-hybridized carbons (Fsp3) is 0.200. The number of nitrogens with one attached hydrogen (secondary N) is 1. The molecule has 0 spiro atoms. The highest BCUT2D eigenvalue weighted by molar-refractivity contribution is 6.30. The lowest BCUT2D eigenvalue weighted by atomic mass is 10.5. The monoisotopic (exact) mass is 160 g/mol. The van der Waals surface area contributed by atoms with Gasteiger partial charge in [-0.25, -0.2) is 5.10 Å². The number of rotatable bonds is 1.